The highest BCUT2D eigenvalue weighted by atomic mass is 35.5. The first-order valence-corrected chi connectivity index (χ1v) is 2.85. The molecular formula is C4H8ClN5. The molecule has 0 amide bonds. The molecule has 1 aromatic rings. The molecule has 0 fully saturated rings. The SMILES string of the molecule is C1CNc2n[nH]nc2N1.Cl. The Bertz CT molecular complexity index is 189. The van der Waals surface area contributed by atoms with E-state index >= 15 is 0 Å². The molecule has 0 aliphatic carbocycles. The van der Waals surface area contributed by atoms with Crippen LogP contribution in [0.25, 0.3) is 0 Å². The van der Waals surface area contributed by atoms with Crippen molar-refractivity contribution in [3.05, 3.63) is 0 Å². The minimum absolute atomic E-state index is 0. The molecule has 5 nitrogen and oxygen atoms in total. The van der Waals surface area contributed by atoms with Gasteiger partial charge in [-0.2, -0.15) is 5.21 Å². The summed E-state index contributed by atoms with van der Waals surface area (Å²) in [4.78, 5) is 0. The van der Waals surface area contributed by atoms with Gasteiger partial charge in [-0.05, 0) is 0 Å². The van der Waals surface area contributed by atoms with Crippen LogP contribution in [0.15, 0.2) is 0 Å². The smallest absolute Gasteiger partial charge is 0.192 e. The highest BCUT2D eigenvalue weighted by molar-refractivity contribution is 5.85. The summed E-state index contributed by atoms with van der Waals surface area (Å²) in [6.45, 7) is 1.83. The normalized spacial score (nSPS) is 14.0. The van der Waals surface area contributed by atoms with Gasteiger partial charge in [-0.25, -0.2) is 0 Å². The van der Waals surface area contributed by atoms with Crippen LogP contribution in [0.3, 0.4) is 0 Å². The predicted molar refractivity (Wildman–Crippen MR) is 40.6 cm³/mol. The Morgan fingerprint density at radius 3 is 2.00 bits per heavy atom. The van der Waals surface area contributed by atoms with Gasteiger partial charge >= 0.3 is 0 Å². The Morgan fingerprint density at radius 1 is 1.00 bits per heavy atom. The molecule has 0 radical (unpaired) electrons. The molecule has 0 bridgehead atoms. The van der Waals surface area contributed by atoms with E-state index in [1.54, 1.807) is 0 Å². The largest absolute Gasteiger partial charge is 0.364 e. The lowest BCUT2D eigenvalue weighted by molar-refractivity contribution is 0.944. The maximum Gasteiger partial charge on any atom is 0.192 e. The fourth-order valence-corrected chi connectivity index (χ4v) is 0.839. The summed E-state index contributed by atoms with van der Waals surface area (Å²) >= 11 is 0. The van der Waals surface area contributed by atoms with Gasteiger partial charge < -0.3 is 10.6 Å². The summed E-state index contributed by atoms with van der Waals surface area (Å²) in [5.41, 5.74) is 0. The summed E-state index contributed by atoms with van der Waals surface area (Å²) < 4.78 is 0. The van der Waals surface area contributed by atoms with Crippen LogP contribution in [0.1, 0.15) is 0 Å². The monoisotopic (exact) mass is 161 g/mol. The molecule has 0 aromatic carbocycles. The van der Waals surface area contributed by atoms with Crippen molar-refractivity contribution in [2.75, 3.05) is 23.7 Å². The molecule has 0 spiro atoms. The van der Waals surface area contributed by atoms with E-state index < -0.39 is 0 Å². The Labute approximate surface area is 64.0 Å². The molecule has 10 heavy (non-hydrogen) atoms. The number of aromatic amines is 1. The van der Waals surface area contributed by atoms with Gasteiger partial charge in [0.25, 0.3) is 0 Å². The third-order valence-electron chi connectivity index (χ3n) is 1.26. The highest BCUT2D eigenvalue weighted by Gasteiger charge is 2.09. The minimum atomic E-state index is 0. The van der Waals surface area contributed by atoms with Crippen LogP contribution in [0.2, 0.25) is 0 Å². The van der Waals surface area contributed by atoms with Crippen molar-refractivity contribution in [3.63, 3.8) is 0 Å². The Kier molecular flexibility index (Phi) is 1.96. The van der Waals surface area contributed by atoms with Crippen molar-refractivity contribution < 1.29 is 0 Å². The van der Waals surface area contributed by atoms with Crippen molar-refractivity contribution in [3.8, 4) is 0 Å². The third-order valence-corrected chi connectivity index (χ3v) is 1.26. The number of hydrogen-bond acceptors (Lipinski definition) is 4. The van der Waals surface area contributed by atoms with Crippen LogP contribution in [-0.4, -0.2) is 28.5 Å². The first-order valence-electron chi connectivity index (χ1n) is 2.85. The average molecular weight is 162 g/mol. The number of nitrogens with one attached hydrogen (secondary N) is 3. The van der Waals surface area contributed by atoms with E-state index in [-0.39, 0.29) is 12.4 Å². The summed E-state index contributed by atoms with van der Waals surface area (Å²) in [6.07, 6.45) is 0. The molecule has 3 N–H and O–H groups in total. The second-order valence-electron chi connectivity index (χ2n) is 1.87. The maximum absolute atomic E-state index is 3.85. The average Bonchev–Trinajstić information content (AvgIpc) is 2.33. The van der Waals surface area contributed by atoms with Crippen molar-refractivity contribution in [1.82, 2.24) is 15.4 Å². The molecule has 2 heterocycles. The lowest BCUT2D eigenvalue weighted by atomic mass is 10.4. The number of H-pyrrole nitrogens is 1. The molecule has 1 aliphatic heterocycles. The van der Waals surface area contributed by atoms with Gasteiger partial charge in [0.05, 0.1) is 0 Å². The highest BCUT2D eigenvalue weighted by Crippen LogP contribution is 2.15. The van der Waals surface area contributed by atoms with E-state index in [0.717, 1.165) is 24.7 Å². The first kappa shape index (κ1) is 7.14. The third kappa shape index (κ3) is 0.995. The molecule has 2 rings (SSSR count). The van der Waals surface area contributed by atoms with Gasteiger partial charge in [0.2, 0.25) is 0 Å². The zero-order chi connectivity index (χ0) is 6.10. The van der Waals surface area contributed by atoms with Crippen molar-refractivity contribution >= 4 is 24.0 Å². The molecule has 0 saturated heterocycles. The van der Waals surface area contributed by atoms with E-state index in [9.17, 15) is 0 Å². The number of aromatic nitrogens is 3. The molecule has 6 heteroatoms. The van der Waals surface area contributed by atoms with Gasteiger partial charge in [-0.3, -0.25) is 0 Å². The number of anilines is 2. The van der Waals surface area contributed by atoms with Crippen LogP contribution in [0.4, 0.5) is 11.6 Å². The van der Waals surface area contributed by atoms with Gasteiger partial charge in [-0.1, -0.05) is 0 Å². The van der Waals surface area contributed by atoms with E-state index in [0.29, 0.717) is 0 Å². The fourth-order valence-electron chi connectivity index (χ4n) is 0.839. The number of fused-ring (bicyclic) bond motifs is 1. The molecule has 1 aromatic heterocycles. The Balaban J connectivity index is 0.000000500. The number of halogens is 1. The maximum atomic E-state index is 3.85. The van der Waals surface area contributed by atoms with Crippen molar-refractivity contribution in [2.24, 2.45) is 0 Å². The summed E-state index contributed by atoms with van der Waals surface area (Å²) in [7, 11) is 0. The molecule has 1 aliphatic rings. The number of nitrogens with zero attached hydrogens (tertiary/aromatic N) is 2. The quantitative estimate of drug-likeness (QED) is 0.504. The van der Waals surface area contributed by atoms with Gasteiger partial charge in [0.15, 0.2) is 11.6 Å². The lowest BCUT2D eigenvalue weighted by Gasteiger charge is -2.11. The summed E-state index contributed by atoms with van der Waals surface area (Å²) in [5.74, 6) is 1.64. The predicted octanol–water partition coefficient (Wildman–Crippen LogP) is 0.0639. The van der Waals surface area contributed by atoms with Gasteiger partial charge in [-0.15, -0.1) is 22.6 Å². The minimum Gasteiger partial charge on any atom is -0.364 e. The molecule has 0 atom stereocenters. The molecule has 0 unspecified atom stereocenters. The second kappa shape index (κ2) is 2.74. The zero-order valence-corrected chi connectivity index (χ0v) is 6.03. The van der Waals surface area contributed by atoms with Gasteiger partial charge in [0, 0.05) is 13.1 Å². The van der Waals surface area contributed by atoms with Gasteiger partial charge in [0.1, 0.15) is 0 Å². The summed E-state index contributed by atoms with van der Waals surface area (Å²) in [6, 6.07) is 0. The van der Waals surface area contributed by atoms with Crippen LogP contribution >= 0.6 is 12.4 Å². The molecule has 56 valence electrons. The van der Waals surface area contributed by atoms with Crippen molar-refractivity contribution in [2.45, 2.75) is 0 Å². The van der Waals surface area contributed by atoms with E-state index in [2.05, 4.69) is 26.0 Å². The lowest BCUT2D eigenvalue weighted by Crippen LogP contribution is -2.20. The van der Waals surface area contributed by atoms with Crippen LogP contribution in [-0.2, 0) is 0 Å². The zero-order valence-electron chi connectivity index (χ0n) is 5.22. The number of hydrogen-bond donors (Lipinski definition) is 3. The summed E-state index contributed by atoms with van der Waals surface area (Å²) in [5, 5.41) is 16.4. The topological polar surface area (TPSA) is 65.6 Å². The van der Waals surface area contributed by atoms with E-state index in [1.807, 2.05) is 0 Å². The first-order chi connectivity index (χ1) is 4.47. The second-order valence-corrected chi connectivity index (χ2v) is 1.87. The fraction of sp³-hybridized carbons (Fsp3) is 0.500. The Morgan fingerprint density at radius 2 is 1.50 bits per heavy atom. The van der Waals surface area contributed by atoms with Crippen molar-refractivity contribution in [1.29, 1.82) is 0 Å². The van der Waals surface area contributed by atoms with Crippen LogP contribution in [0, 0.1) is 0 Å². The molecule has 0 saturated carbocycles. The van der Waals surface area contributed by atoms with E-state index in [4.69, 9.17) is 0 Å². The van der Waals surface area contributed by atoms with Crippen LogP contribution in [0.5, 0.6) is 0 Å². The number of rotatable bonds is 0. The van der Waals surface area contributed by atoms with E-state index in [1.165, 1.54) is 0 Å². The molecular weight excluding hydrogens is 154 g/mol. The standard InChI is InChI=1S/C4H7N5.ClH/c1-2-6-4-3(5-1)7-9-8-4;/h1-2H2,(H3,5,6,7,8,9);1H. The Hall–Kier alpha value is -0.970. The van der Waals surface area contributed by atoms with Crippen LogP contribution < -0.4 is 10.6 Å².